The minimum absolute atomic E-state index is 0.0402. The third-order valence-corrected chi connectivity index (χ3v) is 5.73. The molecule has 3 N–H and O–H groups in total. The summed E-state index contributed by atoms with van der Waals surface area (Å²) < 4.78 is 1.62. The zero-order valence-electron chi connectivity index (χ0n) is 20.7. The van der Waals surface area contributed by atoms with Crippen LogP contribution in [0.3, 0.4) is 0 Å². The molecule has 1 saturated heterocycles. The van der Waals surface area contributed by atoms with Gasteiger partial charge < -0.3 is 20.4 Å². The predicted molar refractivity (Wildman–Crippen MR) is 135 cm³/mol. The van der Waals surface area contributed by atoms with E-state index in [4.69, 9.17) is 4.98 Å². The molecule has 4 rings (SSSR count). The molecule has 3 aromatic heterocycles. The molecule has 1 fully saturated rings. The molecule has 3 aromatic rings. The van der Waals surface area contributed by atoms with Crippen molar-refractivity contribution in [2.45, 2.75) is 26.3 Å². The molecule has 1 aliphatic rings. The number of hydrogen-bond acceptors (Lipinski definition) is 8. The number of fused-ring (bicyclic) bond motifs is 1. The number of rotatable bonds is 7. The summed E-state index contributed by atoms with van der Waals surface area (Å²) in [4.78, 5) is 42.9. The van der Waals surface area contributed by atoms with Crippen LogP contribution in [0.2, 0.25) is 0 Å². The summed E-state index contributed by atoms with van der Waals surface area (Å²) in [5, 5.41) is 13.3. The normalized spacial score (nSPS) is 15.7. The Morgan fingerprint density at radius 1 is 1.23 bits per heavy atom. The standard InChI is InChI=1S/C23H32N10O2/c1-14(2)26-21(34)16-6-8-24-11-18(16)27-23(35)28-19-17-10-25-22(29-20(17)32(5)30-19)33-9-7-15(13-33)12-31(3)4/h6,8,10-11,14-15H,7,9,12-13H2,1-5H3,(H,26,34)(H2,27,28,30,35). The van der Waals surface area contributed by atoms with E-state index in [9.17, 15) is 9.59 Å². The topological polar surface area (TPSA) is 133 Å². The van der Waals surface area contributed by atoms with Gasteiger partial charge in [-0.15, -0.1) is 0 Å². The van der Waals surface area contributed by atoms with E-state index < -0.39 is 6.03 Å². The van der Waals surface area contributed by atoms with Crippen LogP contribution in [0.4, 0.5) is 22.2 Å². The van der Waals surface area contributed by atoms with Gasteiger partial charge in [-0.3, -0.25) is 15.1 Å². The predicted octanol–water partition coefficient (Wildman–Crippen LogP) is 1.93. The maximum Gasteiger partial charge on any atom is 0.324 e. The van der Waals surface area contributed by atoms with Crippen molar-refractivity contribution in [3.8, 4) is 0 Å². The minimum atomic E-state index is -0.549. The first-order valence-electron chi connectivity index (χ1n) is 11.6. The fourth-order valence-electron chi connectivity index (χ4n) is 4.25. The Kier molecular flexibility index (Phi) is 7.10. The van der Waals surface area contributed by atoms with Gasteiger partial charge >= 0.3 is 6.03 Å². The third kappa shape index (κ3) is 5.65. The molecular formula is C23H32N10O2. The van der Waals surface area contributed by atoms with Gasteiger partial charge in [0.25, 0.3) is 5.91 Å². The zero-order chi connectivity index (χ0) is 25.1. The number of nitrogens with one attached hydrogen (secondary N) is 3. The first-order chi connectivity index (χ1) is 16.7. The van der Waals surface area contributed by atoms with E-state index in [1.165, 1.54) is 12.4 Å². The fourth-order valence-corrected chi connectivity index (χ4v) is 4.25. The van der Waals surface area contributed by atoms with Crippen LogP contribution in [0.1, 0.15) is 30.6 Å². The molecular weight excluding hydrogens is 448 g/mol. The molecule has 35 heavy (non-hydrogen) atoms. The molecule has 1 unspecified atom stereocenters. The highest BCUT2D eigenvalue weighted by Gasteiger charge is 2.26. The van der Waals surface area contributed by atoms with Gasteiger partial charge in [0.05, 0.1) is 22.8 Å². The van der Waals surface area contributed by atoms with Gasteiger partial charge in [-0.05, 0) is 46.3 Å². The Morgan fingerprint density at radius 2 is 2.03 bits per heavy atom. The second-order valence-electron chi connectivity index (χ2n) is 9.37. The van der Waals surface area contributed by atoms with Crippen molar-refractivity contribution in [3.05, 3.63) is 30.2 Å². The maximum absolute atomic E-state index is 12.7. The number of anilines is 3. The number of nitrogens with zero attached hydrogens (tertiary/aromatic N) is 7. The smallest absolute Gasteiger partial charge is 0.324 e. The summed E-state index contributed by atoms with van der Waals surface area (Å²) in [6.45, 7) is 6.58. The van der Waals surface area contributed by atoms with E-state index in [0.29, 0.717) is 40.0 Å². The van der Waals surface area contributed by atoms with E-state index in [0.717, 1.165) is 26.1 Å². The number of aryl methyl sites for hydroxylation is 1. The molecule has 1 aliphatic heterocycles. The molecule has 3 amide bonds. The summed E-state index contributed by atoms with van der Waals surface area (Å²) in [6.07, 6.45) is 5.72. The van der Waals surface area contributed by atoms with E-state index in [1.807, 2.05) is 13.8 Å². The molecule has 0 radical (unpaired) electrons. The highest BCUT2D eigenvalue weighted by molar-refractivity contribution is 6.08. The van der Waals surface area contributed by atoms with Crippen LogP contribution in [0.15, 0.2) is 24.7 Å². The van der Waals surface area contributed by atoms with Crippen molar-refractivity contribution in [2.24, 2.45) is 13.0 Å². The Hall–Kier alpha value is -3.80. The highest BCUT2D eigenvalue weighted by atomic mass is 16.2. The average Bonchev–Trinajstić information content (AvgIpc) is 3.37. The monoisotopic (exact) mass is 480 g/mol. The van der Waals surface area contributed by atoms with E-state index in [1.54, 1.807) is 24.0 Å². The van der Waals surface area contributed by atoms with Gasteiger partial charge in [0.15, 0.2) is 11.5 Å². The van der Waals surface area contributed by atoms with Crippen LogP contribution in [0, 0.1) is 5.92 Å². The number of pyridine rings is 1. The molecule has 0 saturated carbocycles. The number of hydrogen-bond donors (Lipinski definition) is 3. The molecule has 186 valence electrons. The van der Waals surface area contributed by atoms with Crippen LogP contribution >= 0.6 is 0 Å². The average molecular weight is 481 g/mol. The summed E-state index contributed by atoms with van der Waals surface area (Å²) in [7, 11) is 5.94. The van der Waals surface area contributed by atoms with Crippen molar-refractivity contribution >= 4 is 40.4 Å². The molecule has 12 nitrogen and oxygen atoms in total. The Balaban J connectivity index is 1.48. The lowest BCUT2D eigenvalue weighted by Crippen LogP contribution is -2.31. The Bertz CT molecular complexity index is 1220. The van der Waals surface area contributed by atoms with E-state index >= 15 is 0 Å². The molecule has 0 spiro atoms. The summed E-state index contributed by atoms with van der Waals surface area (Å²) in [5.41, 5.74) is 1.24. The van der Waals surface area contributed by atoms with Crippen LogP contribution in [0.25, 0.3) is 11.0 Å². The lowest BCUT2D eigenvalue weighted by molar-refractivity contribution is 0.0944. The van der Waals surface area contributed by atoms with Crippen LogP contribution < -0.4 is 20.9 Å². The first kappa shape index (κ1) is 24.3. The van der Waals surface area contributed by atoms with Crippen molar-refractivity contribution in [1.29, 1.82) is 0 Å². The van der Waals surface area contributed by atoms with Crippen molar-refractivity contribution in [3.63, 3.8) is 0 Å². The third-order valence-electron chi connectivity index (χ3n) is 5.73. The number of carbonyl (C=O) groups excluding carboxylic acids is 2. The largest absolute Gasteiger partial charge is 0.350 e. The quantitative estimate of drug-likeness (QED) is 0.467. The lowest BCUT2D eigenvalue weighted by Gasteiger charge is -2.18. The Labute approximate surface area is 204 Å². The molecule has 0 aromatic carbocycles. The van der Waals surface area contributed by atoms with Crippen LogP contribution in [0.5, 0.6) is 0 Å². The molecule has 12 heteroatoms. The van der Waals surface area contributed by atoms with Gasteiger partial charge in [-0.25, -0.2) is 14.5 Å². The lowest BCUT2D eigenvalue weighted by atomic mass is 10.1. The van der Waals surface area contributed by atoms with Gasteiger partial charge in [-0.1, -0.05) is 0 Å². The molecule has 0 aliphatic carbocycles. The molecule has 0 bridgehead atoms. The highest BCUT2D eigenvalue weighted by Crippen LogP contribution is 2.26. The Morgan fingerprint density at radius 3 is 2.77 bits per heavy atom. The summed E-state index contributed by atoms with van der Waals surface area (Å²) in [6, 6.07) is 0.966. The number of urea groups is 1. The second-order valence-corrected chi connectivity index (χ2v) is 9.37. The second kappa shape index (κ2) is 10.2. The SMILES string of the molecule is CC(C)NC(=O)c1ccncc1NC(=O)Nc1nn(C)c2nc(N3CCC(CN(C)C)C3)ncc12. The van der Waals surface area contributed by atoms with Gasteiger partial charge in [0.2, 0.25) is 5.95 Å². The summed E-state index contributed by atoms with van der Waals surface area (Å²) in [5.74, 6) is 1.28. The van der Waals surface area contributed by atoms with E-state index in [2.05, 4.69) is 54.9 Å². The summed E-state index contributed by atoms with van der Waals surface area (Å²) >= 11 is 0. The molecule has 4 heterocycles. The zero-order valence-corrected chi connectivity index (χ0v) is 20.7. The van der Waals surface area contributed by atoms with Crippen molar-refractivity contribution in [1.82, 2.24) is 34.9 Å². The van der Waals surface area contributed by atoms with Gasteiger partial charge in [0.1, 0.15) is 0 Å². The van der Waals surface area contributed by atoms with Crippen LogP contribution in [-0.2, 0) is 7.05 Å². The number of amides is 3. The number of carbonyl (C=O) groups is 2. The maximum atomic E-state index is 12.7. The first-order valence-corrected chi connectivity index (χ1v) is 11.6. The van der Waals surface area contributed by atoms with Gasteiger partial charge in [-0.2, -0.15) is 10.1 Å². The van der Waals surface area contributed by atoms with Crippen LogP contribution in [-0.4, -0.2) is 81.3 Å². The van der Waals surface area contributed by atoms with E-state index in [-0.39, 0.29) is 11.9 Å². The van der Waals surface area contributed by atoms with Crippen molar-refractivity contribution < 1.29 is 9.59 Å². The fraction of sp³-hybridized carbons (Fsp3) is 0.478. The van der Waals surface area contributed by atoms with Crippen molar-refractivity contribution in [2.75, 3.05) is 49.3 Å². The minimum Gasteiger partial charge on any atom is -0.350 e. The number of aromatic nitrogens is 5. The molecule has 1 atom stereocenters. The van der Waals surface area contributed by atoms with Gasteiger partial charge in [0, 0.05) is 45.1 Å².